The summed E-state index contributed by atoms with van der Waals surface area (Å²) in [4.78, 5) is 0. The van der Waals surface area contributed by atoms with Crippen LogP contribution in [0.15, 0.2) is 45.9 Å². The van der Waals surface area contributed by atoms with Crippen LogP contribution in [0.1, 0.15) is 0 Å². The van der Waals surface area contributed by atoms with Crippen molar-refractivity contribution < 1.29 is 0 Å². The summed E-state index contributed by atoms with van der Waals surface area (Å²) >= 11 is 0. The maximum absolute atomic E-state index is 2.28. The quantitative estimate of drug-likeness (QED) is 0.520. The highest BCUT2D eigenvalue weighted by molar-refractivity contribution is 8.49. The molecule has 0 aromatic heterocycles. The van der Waals surface area contributed by atoms with Crippen LogP contribution in [0, 0.1) is 0 Å². The van der Waals surface area contributed by atoms with Gasteiger partial charge in [-0.15, -0.1) is 18.9 Å². The highest BCUT2D eigenvalue weighted by atomic mass is 32.9. The molecule has 0 bridgehead atoms. The Bertz CT molecular complexity index is 232. The van der Waals surface area contributed by atoms with Crippen molar-refractivity contribution in [3.8, 4) is 0 Å². The van der Waals surface area contributed by atoms with Crippen LogP contribution in [-0.4, -0.2) is 0 Å². The molecule has 0 saturated carbocycles. The Labute approximate surface area is 65.2 Å². The first-order valence-electron chi connectivity index (χ1n) is 3.11. The third-order valence-corrected chi connectivity index (χ3v) is 6.11. The molecule has 0 N–H and O–H groups in total. The first-order valence-corrected chi connectivity index (χ1v) is 6.33. The molecule has 2 aliphatic rings. The van der Waals surface area contributed by atoms with Crippen LogP contribution >= 0.6 is 0 Å². The summed E-state index contributed by atoms with van der Waals surface area (Å²) < 4.78 is 0. The SMILES string of the molecule is C1=CS(=S2C=CC=C2)C=C1. The average Bonchev–Trinajstić information content (AvgIpc) is 2.59. The Balaban J connectivity index is 2.46. The topological polar surface area (TPSA) is 0 Å². The predicted molar refractivity (Wildman–Crippen MR) is 51.3 cm³/mol. The molecule has 0 aromatic carbocycles. The molecule has 0 radical (unpaired) electrons. The van der Waals surface area contributed by atoms with Gasteiger partial charge in [0, 0.05) is 0 Å². The number of rotatable bonds is 0. The molecular weight excluding hydrogens is 160 g/mol. The average molecular weight is 168 g/mol. The minimum Gasteiger partial charge on any atom is -0.106 e. The molecule has 2 heterocycles. The van der Waals surface area contributed by atoms with Crippen molar-refractivity contribution in [2.75, 3.05) is 0 Å². The monoisotopic (exact) mass is 168 g/mol. The normalized spacial score (nSPS) is 23.6. The first kappa shape index (κ1) is 6.38. The number of allylic oxidation sites excluding steroid dienone is 4. The van der Waals surface area contributed by atoms with E-state index in [2.05, 4.69) is 45.9 Å². The Kier molecular flexibility index (Phi) is 1.74. The molecule has 0 spiro atoms. The molecule has 0 nitrogen and oxygen atoms in total. The van der Waals surface area contributed by atoms with E-state index in [0.717, 1.165) is 0 Å². The molecule has 2 aliphatic heterocycles. The summed E-state index contributed by atoms with van der Waals surface area (Å²) in [7, 11) is 0.781. The minimum absolute atomic E-state index is 0.390. The maximum Gasteiger partial charge on any atom is -0.0248 e. The van der Waals surface area contributed by atoms with Crippen molar-refractivity contribution in [3.63, 3.8) is 0 Å². The Morgan fingerprint density at radius 3 is 1.10 bits per heavy atom. The second kappa shape index (κ2) is 2.72. The van der Waals surface area contributed by atoms with Crippen LogP contribution in [0.4, 0.5) is 0 Å². The van der Waals surface area contributed by atoms with Crippen molar-refractivity contribution in [1.29, 1.82) is 0 Å². The van der Waals surface area contributed by atoms with E-state index in [9.17, 15) is 0 Å². The fourth-order valence-corrected chi connectivity index (χ4v) is 4.82. The number of hydrogen-bond acceptors (Lipinski definition) is 0. The Morgan fingerprint density at radius 2 is 0.800 bits per heavy atom. The maximum atomic E-state index is 2.28. The smallest absolute Gasteiger partial charge is 0.0248 e. The molecule has 10 heavy (non-hydrogen) atoms. The molecule has 0 unspecified atom stereocenters. The lowest BCUT2D eigenvalue weighted by Crippen LogP contribution is -1.82. The predicted octanol–water partition coefficient (Wildman–Crippen LogP) is 2.22. The van der Waals surface area contributed by atoms with Gasteiger partial charge in [0.15, 0.2) is 0 Å². The molecule has 52 valence electrons. The van der Waals surface area contributed by atoms with Crippen LogP contribution in [0.5, 0.6) is 0 Å². The summed E-state index contributed by atoms with van der Waals surface area (Å²) in [5.74, 6) is 0. The number of hydrogen-bond donors (Lipinski definition) is 0. The lowest BCUT2D eigenvalue weighted by atomic mass is 10.6. The van der Waals surface area contributed by atoms with Gasteiger partial charge >= 0.3 is 0 Å². The van der Waals surface area contributed by atoms with Gasteiger partial charge in [0.25, 0.3) is 0 Å². The fourth-order valence-electron chi connectivity index (χ4n) is 0.839. The van der Waals surface area contributed by atoms with Crippen molar-refractivity contribution in [1.82, 2.24) is 0 Å². The first-order chi connectivity index (χ1) is 4.97. The van der Waals surface area contributed by atoms with E-state index < -0.39 is 0 Å². The van der Waals surface area contributed by atoms with Crippen molar-refractivity contribution in [3.05, 3.63) is 45.9 Å². The minimum atomic E-state index is 0.390. The third-order valence-electron chi connectivity index (χ3n) is 1.30. The van der Waals surface area contributed by atoms with Gasteiger partial charge in [0.1, 0.15) is 0 Å². The van der Waals surface area contributed by atoms with Crippen molar-refractivity contribution in [2.24, 2.45) is 0 Å². The van der Waals surface area contributed by atoms with Gasteiger partial charge < -0.3 is 0 Å². The molecule has 0 atom stereocenters. The van der Waals surface area contributed by atoms with Gasteiger partial charge in [-0.3, -0.25) is 0 Å². The van der Waals surface area contributed by atoms with E-state index in [1.165, 1.54) is 0 Å². The zero-order chi connectivity index (χ0) is 6.81. The fraction of sp³-hybridized carbons (Fsp3) is 0. The van der Waals surface area contributed by atoms with E-state index in [-0.39, 0.29) is 0 Å². The van der Waals surface area contributed by atoms with E-state index in [1.807, 2.05) is 0 Å². The largest absolute Gasteiger partial charge is 0.106 e. The summed E-state index contributed by atoms with van der Waals surface area (Å²) in [6.45, 7) is 0. The third kappa shape index (κ3) is 1.09. The van der Waals surface area contributed by atoms with Gasteiger partial charge in [-0.25, -0.2) is 0 Å². The molecule has 0 aliphatic carbocycles. The van der Waals surface area contributed by atoms with Gasteiger partial charge in [0.2, 0.25) is 0 Å². The van der Waals surface area contributed by atoms with Crippen LogP contribution in [0.25, 0.3) is 0 Å². The Morgan fingerprint density at radius 1 is 0.500 bits per heavy atom. The summed E-state index contributed by atoms with van der Waals surface area (Å²) in [6.07, 6.45) is 8.54. The highest BCUT2D eigenvalue weighted by Gasteiger charge is 1.96. The van der Waals surface area contributed by atoms with Crippen molar-refractivity contribution in [2.45, 2.75) is 0 Å². The van der Waals surface area contributed by atoms with Gasteiger partial charge in [0.05, 0.1) is 0 Å². The molecular formula is C8H8S2. The summed E-state index contributed by atoms with van der Waals surface area (Å²) in [5, 5.41) is 9.12. The van der Waals surface area contributed by atoms with Crippen LogP contribution in [-0.2, 0) is 18.9 Å². The molecule has 0 fully saturated rings. The van der Waals surface area contributed by atoms with Crippen LogP contribution in [0.3, 0.4) is 0 Å². The zero-order valence-electron chi connectivity index (χ0n) is 5.44. The summed E-state index contributed by atoms with van der Waals surface area (Å²) in [5.41, 5.74) is 0. The molecule has 0 amide bonds. The van der Waals surface area contributed by atoms with E-state index in [1.54, 1.807) is 0 Å². The molecule has 2 heteroatoms. The van der Waals surface area contributed by atoms with Crippen LogP contribution in [0.2, 0.25) is 0 Å². The molecule has 2 rings (SSSR count). The van der Waals surface area contributed by atoms with Gasteiger partial charge in [-0.05, 0) is 21.6 Å². The lowest BCUT2D eigenvalue weighted by molar-refractivity contribution is 2.15. The van der Waals surface area contributed by atoms with Crippen LogP contribution < -0.4 is 0 Å². The van der Waals surface area contributed by atoms with E-state index in [0.29, 0.717) is 18.9 Å². The molecule has 0 saturated heterocycles. The lowest BCUT2D eigenvalue weighted by Gasteiger charge is -1.95. The highest BCUT2D eigenvalue weighted by Crippen LogP contribution is 2.11. The summed E-state index contributed by atoms with van der Waals surface area (Å²) in [6, 6.07) is 0. The standard InChI is InChI=1S/C8H8S2/c1-2-6-9(5-1)10-7-3-4-8-10/h1-8H. The van der Waals surface area contributed by atoms with Crippen molar-refractivity contribution >= 4 is 18.9 Å². The zero-order valence-corrected chi connectivity index (χ0v) is 7.07. The van der Waals surface area contributed by atoms with Gasteiger partial charge in [-0.1, -0.05) is 24.3 Å². The Hall–Kier alpha value is -0.340. The molecule has 0 aromatic rings. The van der Waals surface area contributed by atoms with Gasteiger partial charge in [-0.2, -0.15) is 0 Å². The second-order valence-electron chi connectivity index (χ2n) is 1.97. The van der Waals surface area contributed by atoms with E-state index in [4.69, 9.17) is 0 Å². The second-order valence-corrected chi connectivity index (χ2v) is 6.68. The van der Waals surface area contributed by atoms with E-state index >= 15 is 0 Å².